The van der Waals surface area contributed by atoms with Gasteiger partial charge in [0.1, 0.15) is 0 Å². The normalized spacial score (nSPS) is 7.17. The summed E-state index contributed by atoms with van der Waals surface area (Å²) in [4.78, 5) is 9.11. The molecule has 0 saturated heterocycles. The van der Waals surface area contributed by atoms with Gasteiger partial charge in [0.25, 0.3) is 0 Å². The number of benzene rings is 1. The van der Waals surface area contributed by atoms with Gasteiger partial charge in [0.15, 0.2) is 0 Å². The summed E-state index contributed by atoms with van der Waals surface area (Å²) in [6, 6.07) is 10.8. The van der Waals surface area contributed by atoms with Crippen LogP contribution in [0.5, 0.6) is 0 Å². The van der Waals surface area contributed by atoms with Crippen LogP contribution in [0.3, 0.4) is 0 Å². The molecule has 0 spiro atoms. The largest absolute Gasteiger partial charge is 3.00 e. The van der Waals surface area contributed by atoms with Crippen molar-refractivity contribution >= 4 is 5.91 Å². The average Bonchev–Trinajstić information content (AvgIpc) is 1.87. The van der Waals surface area contributed by atoms with E-state index in [1.54, 1.807) is 0 Å². The molecular formula is C9H11NOY+. The van der Waals surface area contributed by atoms with E-state index in [-0.39, 0.29) is 32.7 Å². The van der Waals surface area contributed by atoms with Gasteiger partial charge >= 0.3 is 32.7 Å². The van der Waals surface area contributed by atoms with Crippen molar-refractivity contribution < 1.29 is 37.5 Å². The van der Waals surface area contributed by atoms with Crippen molar-refractivity contribution in [1.82, 2.24) is 0 Å². The Labute approximate surface area is 98.4 Å². The van der Waals surface area contributed by atoms with E-state index in [9.17, 15) is 0 Å². The quantitative estimate of drug-likeness (QED) is 0.639. The van der Waals surface area contributed by atoms with Crippen molar-refractivity contribution in [2.24, 2.45) is 0 Å². The smallest absolute Gasteiger partial charge is 0.668 e. The summed E-state index contributed by atoms with van der Waals surface area (Å²) in [7, 11) is 0. The van der Waals surface area contributed by atoms with E-state index in [4.69, 9.17) is 10.5 Å². The SMILES string of the molecule is CC([NH-])=O.Cc1cc[c-]cc1.[Y+3]. The second-order valence-corrected chi connectivity index (χ2v) is 2.13. The van der Waals surface area contributed by atoms with Crippen LogP contribution in [0.1, 0.15) is 12.5 Å². The van der Waals surface area contributed by atoms with E-state index >= 15 is 0 Å². The van der Waals surface area contributed by atoms with Gasteiger partial charge in [-0.15, -0.1) is 0 Å². The molecule has 0 atom stereocenters. The fourth-order valence-electron chi connectivity index (χ4n) is 0.470. The van der Waals surface area contributed by atoms with Crippen LogP contribution in [0.25, 0.3) is 5.73 Å². The van der Waals surface area contributed by atoms with Gasteiger partial charge in [0, 0.05) is 5.91 Å². The van der Waals surface area contributed by atoms with Gasteiger partial charge in [0.2, 0.25) is 0 Å². The molecule has 12 heavy (non-hydrogen) atoms. The Kier molecular flexibility index (Phi) is 10.6. The fourth-order valence-corrected chi connectivity index (χ4v) is 0.470. The number of carbonyl (C=O) groups is 1. The molecule has 0 bridgehead atoms. The summed E-state index contributed by atoms with van der Waals surface area (Å²) in [5.74, 6) is -0.583. The van der Waals surface area contributed by atoms with Gasteiger partial charge in [-0.2, -0.15) is 35.9 Å². The molecule has 0 radical (unpaired) electrons. The minimum atomic E-state index is -0.583. The van der Waals surface area contributed by atoms with Crippen LogP contribution >= 0.6 is 0 Å². The number of nitrogens with one attached hydrogen (secondary N) is 1. The van der Waals surface area contributed by atoms with Crippen molar-refractivity contribution in [1.29, 1.82) is 0 Å². The van der Waals surface area contributed by atoms with E-state index in [0.29, 0.717) is 0 Å². The van der Waals surface area contributed by atoms with E-state index in [2.05, 4.69) is 13.0 Å². The van der Waals surface area contributed by atoms with Crippen LogP contribution in [0.15, 0.2) is 24.3 Å². The maximum atomic E-state index is 9.11. The van der Waals surface area contributed by atoms with Crippen LogP contribution in [-0.4, -0.2) is 5.91 Å². The average molecular weight is 238 g/mol. The van der Waals surface area contributed by atoms with Crippen molar-refractivity contribution in [2.45, 2.75) is 13.8 Å². The van der Waals surface area contributed by atoms with Crippen molar-refractivity contribution in [2.75, 3.05) is 0 Å². The van der Waals surface area contributed by atoms with Gasteiger partial charge in [-0.1, -0.05) is 6.92 Å². The topological polar surface area (TPSA) is 40.9 Å². The van der Waals surface area contributed by atoms with Crippen LogP contribution in [0.4, 0.5) is 0 Å². The zero-order chi connectivity index (χ0) is 8.69. The third-order valence-electron chi connectivity index (χ3n) is 0.885. The number of hydrogen-bond donors (Lipinski definition) is 0. The summed E-state index contributed by atoms with van der Waals surface area (Å²) in [6.07, 6.45) is 0. The molecule has 0 aliphatic carbocycles. The fraction of sp³-hybridized carbons (Fsp3) is 0.222. The molecule has 1 N–H and O–H groups in total. The number of rotatable bonds is 0. The van der Waals surface area contributed by atoms with Crippen LogP contribution in [-0.2, 0) is 37.5 Å². The van der Waals surface area contributed by atoms with Gasteiger partial charge < -0.3 is 10.5 Å². The van der Waals surface area contributed by atoms with Crippen LogP contribution < -0.4 is 0 Å². The standard InChI is InChI=1S/C7H7.C2H5NO.Y/c1-7-5-3-2-4-6-7;1-2(3)4;/h3-6H,1H3;1H3,(H2,3,4);/q-1;;+3/p-1. The molecule has 0 unspecified atom stereocenters. The number of hydrogen-bond acceptors (Lipinski definition) is 1. The minimum Gasteiger partial charge on any atom is -0.668 e. The van der Waals surface area contributed by atoms with Crippen LogP contribution in [0, 0.1) is 13.0 Å². The predicted molar refractivity (Wildman–Crippen MR) is 45.0 cm³/mol. The maximum Gasteiger partial charge on any atom is 3.00 e. The maximum absolute atomic E-state index is 9.11. The predicted octanol–water partition coefficient (Wildman–Crippen LogP) is 2.38. The van der Waals surface area contributed by atoms with Crippen molar-refractivity contribution in [3.8, 4) is 0 Å². The van der Waals surface area contributed by atoms with E-state index in [1.165, 1.54) is 12.5 Å². The Hall–Kier alpha value is -0.206. The monoisotopic (exact) mass is 238 g/mol. The first-order valence-corrected chi connectivity index (χ1v) is 3.28. The van der Waals surface area contributed by atoms with Crippen molar-refractivity contribution in [3.63, 3.8) is 0 Å². The molecule has 60 valence electrons. The Morgan fingerprint density at radius 2 is 1.75 bits per heavy atom. The third kappa shape index (κ3) is 12.5. The molecule has 1 amide bonds. The Morgan fingerprint density at radius 1 is 1.42 bits per heavy atom. The second kappa shape index (κ2) is 8.89. The van der Waals surface area contributed by atoms with E-state index < -0.39 is 5.91 Å². The van der Waals surface area contributed by atoms with Crippen molar-refractivity contribution in [3.05, 3.63) is 41.6 Å². The number of amides is 1. The number of aryl methyl sites for hydroxylation is 1. The molecule has 0 heterocycles. The van der Waals surface area contributed by atoms with E-state index in [0.717, 1.165) is 0 Å². The van der Waals surface area contributed by atoms with Gasteiger partial charge in [0.05, 0.1) is 0 Å². The zero-order valence-corrected chi connectivity index (χ0v) is 10.1. The molecule has 0 saturated carbocycles. The summed E-state index contributed by atoms with van der Waals surface area (Å²) in [5.41, 5.74) is 7.23. The first kappa shape index (κ1) is 14.3. The van der Waals surface area contributed by atoms with Gasteiger partial charge in [-0.25, -0.2) is 0 Å². The summed E-state index contributed by atoms with van der Waals surface area (Å²) in [6.45, 7) is 3.26. The zero-order valence-electron chi connectivity index (χ0n) is 7.29. The number of carbonyl (C=O) groups excluding carboxylic acids is 1. The molecule has 0 aliphatic rings. The Morgan fingerprint density at radius 3 is 1.92 bits per heavy atom. The van der Waals surface area contributed by atoms with Gasteiger partial charge in [-0.3, -0.25) is 0 Å². The van der Waals surface area contributed by atoms with E-state index in [1.807, 2.05) is 24.3 Å². The first-order chi connectivity index (χ1) is 5.13. The molecule has 0 aromatic heterocycles. The molecule has 1 rings (SSSR count). The molecule has 0 aliphatic heterocycles. The molecule has 2 nitrogen and oxygen atoms in total. The summed E-state index contributed by atoms with van der Waals surface area (Å²) < 4.78 is 0. The minimum absolute atomic E-state index is 0. The molecule has 0 fully saturated rings. The molecule has 1 aromatic rings. The molecular weight excluding hydrogens is 227 g/mol. The summed E-state index contributed by atoms with van der Waals surface area (Å²) >= 11 is 0. The first-order valence-electron chi connectivity index (χ1n) is 3.28. The third-order valence-corrected chi connectivity index (χ3v) is 0.885. The second-order valence-electron chi connectivity index (χ2n) is 2.13. The Bertz CT molecular complexity index is 207. The Balaban J connectivity index is 0. The van der Waals surface area contributed by atoms with Gasteiger partial charge in [-0.05, 0) is 6.92 Å². The molecule has 1 aromatic carbocycles. The van der Waals surface area contributed by atoms with Crippen LogP contribution in [0.2, 0.25) is 0 Å². The molecule has 3 heteroatoms. The summed E-state index contributed by atoms with van der Waals surface area (Å²) in [5, 5.41) is 0.